The van der Waals surface area contributed by atoms with E-state index >= 15 is 0 Å². The van der Waals surface area contributed by atoms with Gasteiger partial charge in [-0.25, -0.2) is 9.97 Å². The van der Waals surface area contributed by atoms with E-state index in [-0.39, 0.29) is 0 Å². The molecule has 0 spiro atoms. The topological polar surface area (TPSA) is 81.0 Å². The summed E-state index contributed by atoms with van der Waals surface area (Å²) in [6, 6.07) is 1.97. The van der Waals surface area contributed by atoms with Gasteiger partial charge in [0.15, 0.2) is 11.6 Å². The van der Waals surface area contributed by atoms with Crippen molar-refractivity contribution in [2.45, 2.75) is 26.6 Å². The number of hydrogen-bond donors (Lipinski definition) is 1. The highest BCUT2D eigenvalue weighted by atomic mass is 16.5. The Labute approximate surface area is 123 Å². The second-order valence-corrected chi connectivity index (χ2v) is 4.85. The Bertz CT molecular complexity index is 588. The maximum atomic E-state index is 5.15. The van der Waals surface area contributed by atoms with Crippen LogP contribution >= 0.6 is 0 Å². The molecule has 0 atom stereocenters. The lowest BCUT2D eigenvalue weighted by molar-refractivity contribution is 0.178. The molecule has 3 heterocycles. The molecule has 0 bridgehead atoms. The quantitative estimate of drug-likeness (QED) is 0.866. The smallest absolute Gasteiger partial charge is 0.158 e. The molecular formula is C13H19N7O. The molecule has 0 unspecified atom stereocenters. The Morgan fingerprint density at radius 2 is 2.24 bits per heavy atom. The Morgan fingerprint density at radius 3 is 3.05 bits per heavy atom. The van der Waals surface area contributed by atoms with Gasteiger partial charge in [-0.15, -0.1) is 10.2 Å². The number of anilines is 2. The molecule has 0 amide bonds. The summed E-state index contributed by atoms with van der Waals surface area (Å²) in [4.78, 5) is 11.2. The summed E-state index contributed by atoms with van der Waals surface area (Å²) >= 11 is 0. The molecule has 1 aliphatic heterocycles. The van der Waals surface area contributed by atoms with Gasteiger partial charge in [0.2, 0.25) is 0 Å². The van der Waals surface area contributed by atoms with Crippen LogP contribution in [0.3, 0.4) is 0 Å². The van der Waals surface area contributed by atoms with E-state index in [0.29, 0.717) is 19.0 Å². The number of nitrogens with one attached hydrogen (secondary N) is 1. The van der Waals surface area contributed by atoms with Crippen molar-refractivity contribution in [3.63, 3.8) is 0 Å². The first-order chi connectivity index (χ1) is 10.3. The minimum atomic E-state index is 0.399. The Kier molecular flexibility index (Phi) is 3.96. The van der Waals surface area contributed by atoms with Crippen LogP contribution in [0.2, 0.25) is 0 Å². The van der Waals surface area contributed by atoms with Gasteiger partial charge >= 0.3 is 0 Å². The molecule has 8 nitrogen and oxygen atoms in total. The lowest BCUT2D eigenvalue weighted by Crippen LogP contribution is -2.34. The van der Waals surface area contributed by atoms with Crippen molar-refractivity contribution >= 4 is 11.6 Å². The minimum absolute atomic E-state index is 0.399. The highest BCUT2D eigenvalue weighted by molar-refractivity contribution is 5.49. The average Bonchev–Trinajstić information content (AvgIpc) is 2.95. The molecule has 0 aromatic carbocycles. The molecule has 1 N–H and O–H groups in total. The average molecular weight is 289 g/mol. The van der Waals surface area contributed by atoms with E-state index in [4.69, 9.17) is 4.74 Å². The Balaban J connectivity index is 1.87. The van der Waals surface area contributed by atoms with E-state index in [9.17, 15) is 0 Å². The third-order valence-corrected chi connectivity index (χ3v) is 3.35. The highest BCUT2D eigenvalue weighted by Crippen LogP contribution is 2.20. The maximum absolute atomic E-state index is 5.15. The molecule has 0 saturated carbocycles. The van der Waals surface area contributed by atoms with Crippen LogP contribution in [0.15, 0.2) is 12.4 Å². The first-order valence-corrected chi connectivity index (χ1v) is 7.02. The predicted octanol–water partition coefficient (Wildman–Crippen LogP) is 0.666. The first kappa shape index (κ1) is 13.7. The zero-order valence-corrected chi connectivity index (χ0v) is 12.3. The third-order valence-electron chi connectivity index (χ3n) is 3.35. The third kappa shape index (κ3) is 2.94. The van der Waals surface area contributed by atoms with Gasteiger partial charge in [-0.05, 0) is 6.92 Å². The van der Waals surface area contributed by atoms with Crippen LogP contribution in [-0.4, -0.2) is 44.9 Å². The summed E-state index contributed by atoms with van der Waals surface area (Å²) in [6.07, 6.45) is 1.77. The van der Waals surface area contributed by atoms with E-state index < -0.39 is 0 Å². The second kappa shape index (κ2) is 6.04. The zero-order valence-electron chi connectivity index (χ0n) is 12.3. The fraction of sp³-hybridized carbons (Fsp3) is 0.538. The summed E-state index contributed by atoms with van der Waals surface area (Å²) in [6.45, 7) is 5.70. The number of aromatic nitrogens is 5. The van der Waals surface area contributed by atoms with Crippen molar-refractivity contribution < 1.29 is 4.74 Å². The van der Waals surface area contributed by atoms with Crippen molar-refractivity contribution in [1.82, 2.24) is 24.7 Å². The molecule has 1 aliphatic rings. The predicted molar refractivity (Wildman–Crippen MR) is 78.0 cm³/mol. The van der Waals surface area contributed by atoms with E-state index in [1.54, 1.807) is 13.4 Å². The molecule has 0 aliphatic carbocycles. The van der Waals surface area contributed by atoms with Gasteiger partial charge in [0.05, 0.1) is 6.54 Å². The molecule has 2 aromatic rings. The van der Waals surface area contributed by atoms with Gasteiger partial charge in [0, 0.05) is 32.8 Å². The van der Waals surface area contributed by atoms with Crippen LogP contribution < -0.4 is 10.2 Å². The molecule has 0 fully saturated rings. The van der Waals surface area contributed by atoms with Crippen LogP contribution in [0.4, 0.5) is 11.6 Å². The van der Waals surface area contributed by atoms with Crippen LogP contribution in [0.1, 0.15) is 18.6 Å². The van der Waals surface area contributed by atoms with Crippen molar-refractivity contribution in [3.05, 3.63) is 24.0 Å². The largest absolute Gasteiger partial charge is 0.377 e. The van der Waals surface area contributed by atoms with Gasteiger partial charge in [-0.1, -0.05) is 0 Å². The lowest BCUT2D eigenvalue weighted by atomic mass is 10.3. The minimum Gasteiger partial charge on any atom is -0.377 e. The molecule has 112 valence electrons. The SMILES string of the molecule is CCNc1cc(N2CCn3cnnc3C2)nc(COC)n1. The van der Waals surface area contributed by atoms with Crippen molar-refractivity contribution in [3.8, 4) is 0 Å². The standard InChI is InChI=1S/C13H19N7O/c1-3-14-10-6-12(17-11(16-10)8-21-2)19-4-5-20-9-15-18-13(20)7-19/h6,9H,3-5,7-8H2,1-2H3,(H,14,16,17). The van der Waals surface area contributed by atoms with E-state index in [1.807, 2.05) is 13.0 Å². The number of rotatable bonds is 5. The van der Waals surface area contributed by atoms with Gasteiger partial charge in [-0.3, -0.25) is 0 Å². The molecule has 0 saturated heterocycles. The van der Waals surface area contributed by atoms with E-state index in [0.717, 1.165) is 37.1 Å². The number of methoxy groups -OCH3 is 1. The molecule has 8 heteroatoms. The second-order valence-electron chi connectivity index (χ2n) is 4.85. The first-order valence-electron chi connectivity index (χ1n) is 7.02. The van der Waals surface area contributed by atoms with Gasteiger partial charge in [0.1, 0.15) is 24.6 Å². The van der Waals surface area contributed by atoms with Crippen molar-refractivity contribution in [2.24, 2.45) is 0 Å². The molecule has 21 heavy (non-hydrogen) atoms. The van der Waals surface area contributed by atoms with Crippen LogP contribution in [0, 0.1) is 0 Å². The fourth-order valence-electron chi connectivity index (χ4n) is 2.37. The van der Waals surface area contributed by atoms with Crippen LogP contribution in [-0.2, 0) is 24.4 Å². The number of fused-ring (bicyclic) bond motifs is 1. The molecular weight excluding hydrogens is 270 g/mol. The fourth-order valence-corrected chi connectivity index (χ4v) is 2.37. The number of hydrogen-bond acceptors (Lipinski definition) is 7. The molecule has 2 aromatic heterocycles. The summed E-state index contributed by atoms with van der Waals surface area (Å²) < 4.78 is 7.22. The number of ether oxygens (including phenoxy) is 1. The van der Waals surface area contributed by atoms with E-state index in [2.05, 4.69) is 34.9 Å². The molecule has 0 radical (unpaired) electrons. The van der Waals surface area contributed by atoms with Crippen LogP contribution in [0.25, 0.3) is 0 Å². The van der Waals surface area contributed by atoms with Gasteiger partial charge in [-0.2, -0.15) is 0 Å². The summed E-state index contributed by atoms with van der Waals surface area (Å²) in [7, 11) is 1.65. The van der Waals surface area contributed by atoms with E-state index in [1.165, 1.54) is 0 Å². The normalized spacial score (nSPS) is 14.1. The molecule has 3 rings (SSSR count). The summed E-state index contributed by atoms with van der Waals surface area (Å²) in [5, 5.41) is 11.3. The van der Waals surface area contributed by atoms with Crippen molar-refractivity contribution in [1.29, 1.82) is 0 Å². The Hall–Kier alpha value is -2.22. The Morgan fingerprint density at radius 1 is 1.33 bits per heavy atom. The summed E-state index contributed by atoms with van der Waals surface area (Å²) in [5.74, 6) is 3.35. The van der Waals surface area contributed by atoms with Crippen LogP contribution in [0.5, 0.6) is 0 Å². The summed E-state index contributed by atoms with van der Waals surface area (Å²) in [5.41, 5.74) is 0. The van der Waals surface area contributed by atoms with Gasteiger partial charge in [0.25, 0.3) is 0 Å². The van der Waals surface area contributed by atoms with Crippen molar-refractivity contribution in [2.75, 3.05) is 30.4 Å². The number of nitrogens with zero attached hydrogens (tertiary/aromatic N) is 6. The lowest BCUT2D eigenvalue weighted by Gasteiger charge is -2.28. The monoisotopic (exact) mass is 289 g/mol. The maximum Gasteiger partial charge on any atom is 0.158 e. The zero-order chi connectivity index (χ0) is 14.7. The highest BCUT2D eigenvalue weighted by Gasteiger charge is 2.19. The van der Waals surface area contributed by atoms with Gasteiger partial charge < -0.3 is 19.5 Å².